The monoisotopic (exact) mass is 294 g/mol. The van der Waals surface area contributed by atoms with Gasteiger partial charge in [0.15, 0.2) is 4.96 Å². The first-order valence-electron chi connectivity index (χ1n) is 7.20. The molecule has 0 aliphatic heterocycles. The number of thiazole rings is 1. The molecule has 2 aromatic rings. The number of hydrogen-bond acceptors (Lipinski definition) is 5. The van der Waals surface area contributed by atoms with Crippen molar-refractivity contribution in [3.8, 4) is 0 Å². The highest BCUT2D eigenvalue weighted by Crippen LogP contribution is 2.35. The molecule has 6 heteroatoms. The van der Waals surface area contributed by atoms with E-state index < -0.39 is 0 Å². The van der Waals surface area contributed by atoms with Crippen LogP contribution in [0.3, 0.4) is 0 Å². The van der Waals surface area contributed by atoms with Crippen molar-refractivity contribution >= 4 is 16.3 Å². The largest absolute Gasteiger partial charge is 0.377 e. The van der Waals surface area contributed by atoms with Gasteiger partial charge in [0.1, 0.15) is 0 Å². The Hall–Kier alpha value is -0.950. The summed E-state index contributed by atoms with van der Waals surface area (Å²) in [7, 11) is 1.81. The average Bonchev–Trinajstić information content (AvgIpc) is 3.06. The smallest absolute Gasteiger partial charge is 0.193 e. The van der Waals surface area contributed by atoms with Gasteiger partial charge in [0.25, 0.3) is 0 Å². The van der Waals surface area contributed by atoms with Crippen LogP contribution in [0, 0.1) is 0 Å². The van der Waals surface area contributed by atoms with Crippen molar-refractivity contribution in [1.29, 1.82) is 0 Å². The molecule has 0 spiro atoms. The van der Waals surface area contributed by atoms with Gasteiger partial charge in [-0.25, -0.2) is 4.98 Å². The van der Waals surface area contributed by atoms with Crippen molar-refractivity contribution in [1.82, 2.24) is 14.8 Å². The van der Waals surface area contributed by atoms with Crippen LogP contribution in [0.25, 0.3) is 4.96 Å². The van der Waals surface area contributed by atoms with Crippen LogP contribution >= 0.6 is 11.3 Å². The minimum Gasteiger partial charge on any atom is -0.377 e. The number of ether oxygens (including phenoxy) is 1. The van der Waals surface area contributed by atoms with Gasteiger partial charge in [-0.05, 0) is 12.8 Å². The first-order valence-corrected chi connectivity index (χ1v) is 8.08. The predicted octanol–water partition coefficient (Wildman–Crippen LogP) is 2.12. The Bertz CT molecular complexity index is 530. The fourth-order valence-electron chi connectivity index (χ4n) is 3.33. The van der Waals surface area contributed by atoms with Crippen LogP contribution in [-0.2, 0) is 11.2 Å². The van der Waals surface area contributed by atoms with E-state index in [0.29, 0.717) is 0 Å². The highest BCUT2D eigenvalue weighted by atomic mass is 32.1. The molecule has 1 fully saturated rings. The van der Waals surface area contributed by atoms with Crippen LogP contribution < -0.4 is 11.3 Å². The molecule has 1 atom stereocenters. The van der Waals surface area contributed by atoms with Crippen molar-refractivity contribution < 1.29 is 4.74 Å². The molecule has 1 saturated carbocycles. The van der Waals surface area contributed by atoms with Crippen LogP contribution in [0.1, 0.15) is 37.8 Å². The van der Waals surface area contributed by atoms with Gasteiger partial charge in [-0.2, -0.15) is 0 Å². The Labute approximate surface area is 123 Å². The lowest BCUT2D eigenvalue weighted by Gasteiger charge is -2.42. The molecule has 20 heavy (non-hydrogen) atoms. The Morgan fingerprint density at radius 3 is 2.95 bits per heavy atom. The van der Waals surface area contributed by atoms with Gasteiger partial charge < -0.3 is 4.74 Å². The number of imidazole rings is 1. The zero-order valence-electron chi connectivity index (χ0n) is 11.8. The summed E-state index contributed by atoms with van der Waals surface area (Å²) in [4.78, 5) is 5.68. The van der Waals surface area contributed by atoms with E-state index in [0.717, 1.165) is 29.9 Å². The summed E-state index contributed by atoms with van der Waals surface area (Å²) in [5.41, 5.74) is 3.90. The molecule has 0 saturated heterocycles. The third-order valence-corrected chi connectivity index (χ3v) is 5.27. The molecule has 1 aliphatic carbocycles. The summed E-state index contributed by atoms with van der Waals surface area (Å²) >= 11 is 1.65. The Balaban J connectivity index is 1.79. The van der Waals surface area contributed by atoms with E-state index in [1.165, 1.54) is 19.3 Å². The SMILES string of the molecule is COC1(C(Cc2cn3ccsc3n2)NN)CCCCC1. The van der Waals surface area contributed by atoms with Crippen LogP contribution in [0.15, 0.2) is 17.8 Å². The summed E-state index contributed by atoms with van der Waals surface area (Å²) in [5, 5.41) is 2.04. The van der Waals surface area contributed by atoms with Crippen molar-refractivity contribution in [2.24, 2.45) is 5.84 Å². The molecule has 0 amide bonds. The average molecular weight is 294 g/mol. The number of methoxy groups -OCH3 is 1. The summed E-state index contributed by atoms with van der Waals surface area (Å²) in [5.74, 6) is 5.82. The molecule has 1 unspecified atom stereocenters. The standard InChI is InChI=1S/C14H22N4OS/c1-19-14(5-3-2-4-6-14)12(17-15)9-11-10-18-7-8-20-13(18)16-11/h7-8,10,12,17H,2-6,9,15H2,1H3. The normalized spacial score (nSPS) is 20.3. The van der Waals surface area contributed by atoms with E-state index in [1.54, 1.807) is 18.4 Å². The topological polar surface area (TPSA) is 64.6 Å². The van der Waals surface area contributed by atoms with E-state index in [4.69, 9.17) is 10.6 Å². The number of aromatic nitrogens is 2. The van der Waals surface area contributed by atoms with Crippen LogP contribution in [0.4, 0.5) is 0 Å². The van der Waals surface area contributed by atoms with Crippen LogP contribution in [0.2, 0.25) is 0 Å². The lowest BCUT2D eigenvalue weighted by molar-refractivity contribution is -0.0675. The molecule has 2 aromatic heterocycles. The Kier molecular flexibility index (Phi) is 4.07. The van der Waals surface area contributed by atoms with E-state index in [-0.39, 0.29) is 11.6 Å². The Morgan fingerprint density at radius 1 is 1.50 bits per heavy atom. The summed E-state index contributed by atoms with van der Waals surface area (Å²) in [6, 6.07) is 0.109. The highest BCUT2D eigenvalue weighted by Gasteiger charge is 2.39. The summed E-state index contributed by atoms with van der Waals surface area (Å²) in [6.45, 7) is 0. The van der Waals surface area contributed by atoms with Crippen LogP contribution in [0.5, 0.6) is 0 Å². The molecular weight excluding hydrogens is 272 g/mol. The van der Waals surface area contributed by atoms with E-state index >= 15 is 0 Å². The maximum Gasteiger partial charge on any atom is 0.193 e. The van der Waals surface area contributed by atoms with Crippen molar-refractivity contribution in [2.45, 2.75) is 50.2 Å². The fraction of sp³-hybridized carbons (Fsp3) is 0.643. The lowest BCUT2D eigenvalue weighted by Crippen LogP contribution is -2.56. The summed E-state index contributed by atoms with van der Waals surface area (Å²) < 4.78 is 7.95. The molecule has 0 radical (unpaired) electrons. The van der Waals surface area contributed by atoms with Crippen LogP contribution in [-0.4, -0.2) is 28.1 Å². The maximum atomic E-state index is 5.89. The number of fused-ring (bicyclic) bond motifs is 1. The summed E-state index contributed by atoms with van der Waals surface area (Å²) in [6.07, 6.45) is 10.8. The molecule has 0 aromatic carbocycles. The van der Waals surface area contributed by atoms with E-state index in [9.17, 15) is 0 Å². The third kappa shape index (κ3) is 2.48. The number of nitrogens with two attached hydrogens (primary N) is 1. The first kappa shape index (κ1) is 14.0. The van der Waals surface area contributed by atoms with Gasteiger partial charge in [-0.1, -0.05) is 19.3 Å². The van der Waals surface area contributed by atoms with Gasteiger partial charge >= 0.3 is 0 Å². The van der Waals surface area contributed by atoms with Crippen molar-refractivity contribution in [2.75, 3.05) is 7.11 Å². The zero-order chi connectivity index (χ0) is 14.0. The minimum atomic E-state index is -0.149. The molecule has 5 nitrogen and oxygen atoms in total. The number of nitrogens with one attached hydrogen (secondary N) is 1. The molecular formula is C14H22N4OS. The molecule has 110 valence electrons. The quantitative estimate of drug-likeness (QED) is 0.655. The molecule has 1 aliphatic rings. The van der Waals surface area contributed by atoms with Gasteiger partial charge in [0.2, 0.25) is 0 Å². The third-order valence-electron chi connectivity index (χ3n) is 4.50. The second-order valence-electron chi connectivity index (χ2n) is 5.58. The number of hydrazine groups is 1. The predicted molar refractivity (Wildman–Crippen MR) is 80.7 cm³/mol. The molecule has 3 N–H and O–H groups in total. The number of rotatable bonds is 5. The minimum absolute atomic E-state index is 0.109. The van der Waals surface area contributed by atoms with Gasteiger partial charge in [-0.15, -0.1) is 11.3 Å². The molecule has 2 heterocycles. The van der Waals surface area contributed by atoms with E-state index in [2.05, 4.69) is 21.0 Å². The van der Waals surface area contributed by atoms with E-state index in [1.807, 2.05) is 11.6 Å². The van der Waals surface area contributed by atoms with Gasteiger partial charge in [0, 0.05) is 31.3 Å². The molecule has 3 rings (SSSR count). The number of nitrogens with zero attached hydrogens (tertiary/aromatic N) is 2. The van der Waals surface area contributed by atoms with Gasteiger partial charge in [-0.3, -0.25) is 15.7 Å². The fourth-order valence-corrected chi connectivity index (χ4v) is 4.04. The number of hydrogen-bond donors (Lipinski definition) is 2. The Morgan fingerprint density at radius 2 is 2.30 bits per heavy atom. The zero-order valence-corrected chi connectivity index (χ0v) is 12.7. The highest BCUT2D eigenvalue weighted by molar-refractivity contribution is 7.15. The lowest BCUT2D eigenvalue weighted by atomic mass is 9.78. The first-order chi connectivity index (χ1) is 9.77. The maximum absolute atomic E-state index is 5.89. The second kappa shape index (κ2) is 5.81. The molecule has 0 bridgehead atoms. The van der Waals surface area contributed by atoms with Crippen molar-refractivity contribution in [3.05, 3.63) is 23.5 Å². The van der Waals surface area contributed by atoms with Gasteiger partial charge in [0.05, 0.1) is 17.3 Å². The van der Waals surface area contributed by atoms with Crippen molar-refractivity contribution in [3.63, 3.8) is 0 Å². The second-order valence-corrected chi connectivity index (χ2v) is 6.45.